The van der Waals surface area contributed by atoms with Crippen LogP contribution in [0.25, 0.3) is 0 Å². The third kappa shape index (κ3) is 16.1. The summed E-state index contributed by atoms with van der Waals surface area (Å²) in [6.45, 7) is 0.0681. The Labute approximate surface area is 210 Å². The average molecular weight is 419 g/mol. The molecule has 0 aliphatic carbocycles. The third-order valence-corrected chi connectivity index (χ3v) is 5.68. The molecule has 26 heavy (non-hydrogen) atoms. The maximum Gasteiger partial charge on any atom is 1.00 e. The van der Waals surface area contributed by atoms with E-state index in [9.17, 15) is 5.11 Å². The van der Waals surface area contributed by atoms with Gasteiger partial charge in [0.05, 0.1) is 0 Å². The second kappa shape index (κ2) is 17.0. The van der Waals surface area contributed by atoms with Gasteiger partial charge in [-0.1, -0.05) is 50.2 Å². The molecule has 1 nitrogen and oxygen atoms in total. The summed E-state index contributed by atoms with van der Waals surface area (Å²) in [5, 5.41) is 13.7. The molecule has 142 valence electrons. The second-order valence-corrected chi connectivity index (χ2v) is 12.4. The Morgan fingerprint density at radius 3 is 2.00 bits per heavy atom. The van der Waals surface area contributed by atoms with E-state index in [-0.39, 0.29) is 58.0 Å². The topological polar surface area (TPSA) is 23.1 Å². The van der Waals surface area contributed by atoms with Crippen LogP contribution >= 0.6 is 21.8 Å². The van der Waals surface area contributed by atoms with Gasteiger partial charge in [-0.3, -0.25) is 0 Å². The molecule has 0 saturated carbocycles. The van der Waals surface area contributed by atoms with Crippen molar-refractivity contribution in [1.82, 2.24) is 0 Å². The van der Waals surface area contributed by atoms with Gasteiger partial charge in [0.2, 0.25) is 0 Å². The first kappa shape index (κ1) is 27.1. The van der Waals surface area contributed by atoms with Crippen LogP contribution in [0.5, 0.6) is 0 Å². The van der Waals surface area contributed by atoms with Crippen LogP contribution in [0.4, 0.5) is 0 Å². The van der Waals surface area contributed by atoms with E-state index < -0.39 is 10.0 Å². The van der Waals surface area contributed by atoms with Crippen molar-refractivity contribution in [3.63, 3.8) is 0 Å². The Hall–Kier alpha value is 1.08. The summed E-state index contributed by atoms with van der Waals surface area (Å²) in [5.74, 6) is 5.24. The molecular weight excluding hydrogens is 383 g/mol. The molecule has 0 unspecified atom stereocenters. The third-order valence-electron chi connectivity index (χ3n) is 3.94. The molecule has 0 fully saturated rings. The first-order valence-electron chi connectivity index (χ1n) is 9.47. The first-order chi connectivity index (χ1) is 12.0. The van der Waals surface area contributed by atoms with E-state index in [1.54, 1.807) is 0 Å². The zero-order valence-electron chi connectivity index (χ0n) is 17.3. The van der Waals surface area contributed by atoms with Gasteiger partial charge >= 0.3 is 51.4 Å². The number of benzene rings is 1. The quantitative estimate of drug-likeness (QED) is 0.295. The standard InChI is InChI=1S/C22H35OS2.K/c1-25(2,3)20-16-22-14-12-21(13-15-22)11-9-7-5-4-6-8-10-18-24-19-17-23;/h12-15H,4-11,17-19H2,1-3H3;/q-1;+1. The van der Waals surface area contributed by atoms with Crippen molar-refractivity contribution in [3.05, 3.63) is 35.4 Å². The summed E-state index contributed by atoms with van der Waals surface area (Å²) in [6.07, 6.45) is 17.1. The van der Waals surface area contributed by atoms with Gasteiger partial charge in [0.25, 0.3) is 0 Å². The largest absolute Gasteiger partial charge is 1.00 e. The molecule has 0 aliphatic heterocycles. The van der Waals surface area contributed by atoms with Crippen LogP contribution in [0, 0.1) is 11.2 Å². The molecular formula is C22H35KOS2. The summed E-state index contributed by atoms with van der Waals surface area (Å²) < 4.78 is 0. The van der Waals surface area contributed by atoms with Crippen LogP contribution in [0.2, 0.25) is 0 Å². The molecule has 0 aromatic heterocycles. The molecule has 4 heteroatoms. The second-order valence-electron chi connectivity index (χ2n) is 7.30. The average Bonchev–Trinajstić information content (AvgIpc) is 2.58. The minimum Gasteiger partial charge on any atom is -0.854 e. The van der Waals surface area contributed by atoms with Crippen molar-refractivity contribution < 1.29 is 56.5 Å². The number of aryl methyl sites for hydroxylation is 1. The van der Waals surface area contributed by atoms with Crippen LogP contribution in [-0.4, -0.2) is 36.9 Å². The van der Waals surface area contributed by atoms with E-state index in [2.05, 4.69) is 54.2 Å². The van der Waals surface area contributed by atoms with Gasteiger partial charge in [-0.05, 0) is 72.5 Å². The summed E-state index contributed by atoms with van der Waals surface area (Å²) in [6, 6.07) is 8.81. The summed E-state index contributed by atoms with van der Waals surface area (Å²) >= 11 is 1.81. The predicted molar refractivity (Wildman–Crippen MR) is 117 cm³/mol. The van der Waals surface area contributed by atoms with E-state index in [4.69, 9.17) is 0 Å². The number of thioether (sulfide) groups is 1. The zero-order chi connectivity index (χ0) is 18.4. The van der Waals surface area contributed by atoms with Gasteiger partial charge in [0.15, 0.2) is 0 Å². The summed E-state index contributed by atoms with van der Waals surface area (Å²) in [5.41, 5.74) is 2.57. The van der Waals surface area contributed by atoms with E-state index in [1.165, 1.54) is 62.7 Å². The molecule has 1 rings (SSSR count). The molecule has 0 N–H and O–H groups in total. The van der Waals surface area contributed by atoms with E-state index in [0.29, 0.717) is 0 Å². The molecule has 0 heterocycles. The van der Waals surface area contributed by atoms with Crippen LogP contribution in [0.15, 0.2) is 24.3 Å². The van der Waals surface area contributed by atoms with Crippen LogP contribution in [0.1, 0.15) is 56.1 Å². The van der Waals surface area contributed by atoms with Crippen LogP contribution in [0.3, 0.4) is 0 Å². The minimum absolute atomic E-state index is 0. The minimum atomic E-state index is -0.741. The smallest absolute Gasteiger partial charge is 0.854 e. The van der Waals surface area contributed by atoms with Gasteiger partial charge in [0, 0.05) is 5.56 Å². The molecule has 0 atom stereocenters. The molecule has 0 radical (unpaired) electrons. The fraction of sp³-hybridized carbons (Fsp3) is 0.636. The van der Waals surface area contributed by atoms with E-state index in [0.717, 1.165) is 11.3 Å². The Balaban J connectivity index is 0.00000625. The molecule has 1 aromatic rings. The Kier molecular flexibility index (Phi) is 17.7. The zero-order valence-corrected chi connectivity index (χ0v) is 22.1. The van der Waals surface area contributed by atoms with E-state index in [1.807, 2.05) is 11.8 Å². The maximum absolute atomic E-state index is 10.3. The van der Waals surface area contributed by atoms with Gasteiger partial charge < -0.3 is 5.11 Å². The van der Waals surface area contributed by atoms with Crippen molar-refractivity contribution >= 4 is 21.8 Å². The Morgan fingerprint density at radius 1 is 0.846 bits per heavy atom. The molecule has 0 aliphatic rings. The van der Waals surface area contributed by atoms with E-state index >= 15 is 0 Å². The summed E-state index contributed by atoms with van der Waals surface area (Å²) in [4.78, 5) is 0. The van der Waals surface area contributed by atoms with Gasteiger partial charge in [-0.2, -0.15) is 21.8 Å². The molecule has 0 spiro atoms. The normalized spacial score (nSPS) is 11.4. The molecule has 0 saturated heterocycles. The van der Waals surface area contributed by atoms with Crippen LogP contribution in [-0.2, 0) is 6.42 Å². The number of rotatable bonds is 12. The van der Waals surface area contributed by atoms with Crippen molar-refractivity contribution in [3.8, 4) is 11.2 Å². The monoisotopic (exact) mass is 418 g/mol. The number of unbranched alkanes of at least 4 members (excludes halogenated alkanes) is 6. The first-order valence-corrected chi connectivity index (χ1v) is 13.5. The fourth-order valence-corrected chi connectivity index (χ4v) is 3.70. The Bertz CT molecular complexity index is 512. The molecule has 1 aromatic carbocycles. The van der Waals surface area contributed by atoms with Crippen molar-refractivity contribution in [1.29, 1.82) is 0 Å². The Morgan fingerprint density at radius 2 is 1.42 bits per heavy atom. The van der Waals surface area contributed by atoms with Crippen LogP contribution < -0.4 is 56.5 Å². The summed E-state index contributed by atoms with van der Waals surface area (Å²) in [7, 11) is -0.741. The van der Waals surface area contributed by atoms with Gasteiger partial charge in [0.1, 0.15) is 0 Å². The van der Waals surface area contributed by atoms with Crippen molar-refractivity contribution in [2.75, 3.05) is 36.9 Å². The van der Waals surface area contributed by atoms with Gasteiger partial charge in [-0.15, -0.1) is 6.61 Å². The molecule has 0 amide bonds. The van der Waals surface area contributed by atoms with Crippen molar-refractivity contribution in [2.24, 2.45) is 0 Å². The SMILES string of the molecule is CS(C)(C)C#Cc1ccc(CCCCCCCCCSCC[O-])cc1.[K+]. The van der Waals surface area contributed by atoms with Gasteiger partial charge in [-0.25, -0.2) is 0 Å². The maximum atomic E-state index is 10.3. The number of hydrogen-bond donors (Lipinski definition) is 0. The fourth-order valence-electron chi connectivity index (χ4n) is 2.54. The predicted octanol–water partition coefficient (Wildman–Crippen LogP) is 2.06. The number of hydrogen-bond acceptors (Lipinski definition) is 2. The molecule has 0 bridgehead atoms. The van der Waals surface area contributed by atoms with Crippen molar-refractivity contribution in [2.45, 2.75) is 51.4 Å².